The van der Waals surface area contributed by atoms with Gasteiger partial charge in [0, 0.05) is 0 Å². The van der Waals surface area contributed by atoms with E-state index in [0.717, 1.165) is 37.1 Å². The van der Waals surface area contributed by atoms with Crippen molar-refractivity contribution >= 4 is 11.9 Å². The number of benzene rings is 1. The van der Waals surface area contributed by atoms with Gasteiger partial charge in [0.15, 0.2) is 6.61 Å². The summed E-state index contributed by atoms with van der Waals surface area (Å²) in [6.45, 7) is 1.51. The molecule has 1 amide bonds. The molecule has 0 bridgehead atoms. The lowest BCUT2D eigenvalue weighted by atomic mass is 9.97. The SMILES string of the molecule is CCOC(=O)C1(NC(=O)COc2ccc(C(F)(F)F)cc2)CCCC1. The molecule has 0 aliphatic heterocycles. The number of alkyl halides is 3. The van der Waals surface area contributed by atoms with E-state index in [2.05, 4.69) is 5.32 Å². The fraction of sp³-hybridized carbons (Fsp3) is 0.529. The van der Waals surface area contributed by atoms with Gasteiger partial charge in [-0.25, -0.2) is 4.79 Å². The molecule has 0 unspecified atom stereocenters. The van der Waals surface area contributed by atoms with E-state index in [1.807, 2.05) is 0 Å². The second kappa shape index (κ2) is 7.76. The first kappa shape index (κ1) is 19.1. The van der Waals surface area contributed by atoms with Crippen molar-refractivity contribution in [1.29, 1.82) is 0 Å². The van der Waals surface area contributed by atoms with Gasteiger partial charge in [-0.15, -0.1) is 0 Å². The summed E-state index contributed by atoms with van der Waals surface area (Å²) in [5, 5.41) is 2.66. The Hall–Kier alpha value is -2.25. The standard InChI is InChI=1S/C17H20F3NO4/c1-2-24-15(23)16(9-3-4-10-16)21-14(22)11-25-13-7-5-12(6-8-13)17(18,19)20/h5-8H,2-4,9-11H2,1H3,(H,21,22). The number of halogens is 3. The van der Waals surface area contributed by atoms with Crippen LogP contribution in [0, 0.1) is 0 Å². The Balaban J connectivity index is 1.92. The second-order valence-corrected chi connectivity index (χ2v) is 5.87. The van der Waals surface area contributed by atoms with Crippen LogP contribution in [0.2, 0.25) is 0 Å². The molecule has 1 fully saturated rings. The molecule has 1 aromatic rings. The van der Waals surface area contributed by atoms with E-state index in [4.69, 9.17) is 9.47 Å². The van der Waals surface area contributed by atoms with Gasteiger partial charge < -0.3 is 14.8 Å². The minimum atomic E-state index is -4.43. The monoisotopic (exact) mass is 359 g/mol. The van der Waals surface area contributed by atoms with Crippen molar-refractivity contribution in [2.45, 2.75) is 44.3 Å². The van der Waals surface area contributed by atoms with E-state index in [0.29, 0.717) is 12.8 Å². The van der Waals surface area contributed by atoms with E-state index < -0.39 is 35.8 Å². The van der Waals surface area contributed by atoms with Gasteiger partial charge in [0.05, 0.1) is 12.2 Å². The molecule has 0 aromatic heterocycles. The molecule has 0 heterocycles. The van der Waals surface area contributed by atoms with Crippen LogP contribution < -0.4 is 10.1 Å². The Morgan fingerprint density at radius 3 is 2.28 bits per heavy atom. The third-order valence-electron chi connectivity index (χ3n) is 4.05. The molecule has 138 valence electrons. The van der Waals surface area contributed by atoms with Gasteiger partial charge >= 0.3 is 12.1 Å². The smallest absolute Gasteiger partial charge is 0.416 e. The van der Waals surface area contributed by atoms with Gasteiger partial charge in [-0.3, -0.25) is 4.79 Å². The van der Waals surface area contributed by atoms with E-state index in [1.54, 1.807) is 6.92 Å². The molecule has 1 saturated carbocycles. The van der Waals surface area contributed by atoms with Crippen molar-refractivity contribution in [3.63, 3.8) is 0 Å². The highest BCUT2D eigenvalue weighted by Gasteiger charge is 2.43. The highest BCUT2D eigenvalue weighted by Crippen LogP contribution is 2.31. The first-order valence-corrected chi connectivity index (χ1v) is 8.05. The lowest BCUT2D eigenvalue weighted by Gasteiger charge is -2.27. The fourth-order valence-electron chi connectivity index (χ4n) is 2.82. The summed E-state index contributed by atoms with van der Waals surface area (Å²) in [6.07, 6.45) is -1.82. The molecule has 8 heteroatoms. The Morgan fingerprint density at radius 1 is 1.16 bits per heavy atom. The zero-order valence-electron chi connectivity index (χ0n) is 13.8. The molecule has 0 atom stereocenters. The normalized spacial score (nSPS) is 16.3. The number of hydrogen-bond donors (Lipinski definition) is 1. The Kier molecular flexibility index (Phi) is 5.92. The van der Waals surface area contributed by atoms with Crippen LogP contribution in [0.3, 0.4) is 0 Å². The highest BCUT2D eigenvalue weighted by atomic mass is 19.4. The van der Waals surface area contributed by atoms with Crippen molar-refractivity contribution < 1.29 is 32.2 Å². The van der Waals surface area contributed by atoms with E-state index in [1.165, 1.54) is 0 Å². The van der Waals surface area contributed by atoms with Crippen LogP contribution in [0.5, 0.6) is 5.75 Å². The van der Waals surface area contributed by atoms with Crippen molar-refractivity contribution in [2.75, 3.05) is 13.2 Å². The zero-order valence-corrected chi connectivity index (χ0v) is 13.8. The third kappa shape index (κ3) is 4.87. The van der Waals surface area contributed by atoms with Crippen molar-refractivity contribution in [3.8, 4) is 5.75 Å². The molecule has 25 heavy (non-hydrogen) atoms. The second-order valence-electron chi connectivity index (χ2n) is 5.87. The van der Waals surface area contributed by atoms with Crippen molar-refractivity contribution in [1.82, 2.24) is 5.32 Å². The molecule has 2 rings (SSSR count). The molecular weight excluding hydrogens is 339 g/mol. The van der Waals surface area contributed by atoms with Gasteiger partial charge in [0.25, 0.3) is 5.91 Å². The number of carbonyl (C=O) groups excluding carboxylic acids is 2. The minimum Gasteiger partial charge on any atom is -0.484 e. The number of hydrogen-bond acceptors (Lipinski definition) is 4. The van der Waals surface area contributed by atoms with Crippen LogP contribution in [0.25, 0.3) is 0 Å². The average molecular weight is 359 g/mol. The molecular formula is C17H20F3NO4. The van der Waals surface area contributed by atoms with Crippen LogP contribution in [-0.4, -0.2) is 30.6 Å². The summed E-state index contributed by atoms with van der Waals surface area (Å²) in [5.74, 6) is -0.843. The molecule has 1 aliphatic carbocycles. The van der Waals surface area contributed by atoms with Gasteiger partial charge in [0.2, 0.25) is 0 Å². The maximum atomic E-state index is 12.5. The van der Waals surface area contributed by atoms with Gasteiger partial charge in [0.1, 0.15) is 11.3 Å². The molecule has 5 nitrogen and oxygen atoms in total. The molecule has 0 radical (unpaired) electrons. The Bertz CT molecular complexity index is 607. The van der Waals surface area contributed by atoms with Crippen LogP contribution in [-0.2, 0) is 20.5 Å². The summed E-state index contributed by atoms with van der Waals surface area (Å²) in [5.41, 5.74) is -1.83. The van der Waals surface area contributed by atoms with Crippen molar-refractivity contribution in [2.24, 2.45) is 0 Å². The van der Waals surface area contributed by atoms with Crippen LogP contribution in [0.4, 0.5) is 13.2 Å². The lowest BCUT2D eigenvalue weighted by molar-refractivity contribution is -0.153. The maximum absolute atomic E-state index is 12.5. The van der Waals surface area contributed by atoms with Crippen LogP contribution in [0.15, 0.2) is 24.3 Å². The maximum Gasteiger partial charge on any atom is 0.416 e. The van der Waals surface area contributed by atoms with Gasteiger partial charge in [-0.05, 0) is 44.0 Å². The summed E-state index contributed by atoms with van der Waals surface area (Å²) >= 11 is 0. The number of rotatable bonds is 6. The minimum absolute atomic E-state index is 0.139. The highest BCUT2D eigenvalue weighted by molar-refractivity contribution is 5.89. The summed E-state index contributed by atoms with van der Waals surface area (Å²) in [6, 6.07) is 4.05. The van der Waals surface area contributed by atoms with Crippen LogP contribution in [0.1, 0.15) is 38.2 Å². The summed E-state index contributed by atoms with van der Waals surface area (Å²) in [7, 11) is 0. The largest absolute Gasteiger partial charge is 0.484 e. The average Bonchev–Trinajstić information content (AvgIpc) is 3.02. The van der Waals surface area contributed by atoms with E-state index >= 15 is 0 Å². The number of ether oxygens (including phenoxy) is 2. The van der Waals surface area contributed by atoms with Crippen molar-refractivity contribution in [3.05, 3.63) is 29.8 Å². The van der Waals surface area contributed by atoms with Crippen LogP contribution >= 0.6 is 0 Å². The molecule has 1 aliphatic rings. The Labute approximate surface area is 143 Å². The lowest BCUT2D eigenvalue weighted by Crippen LogP contribution is -2.54. The molecule has 0 saturated heterocycles. The number of nitrogens with one attached hydrogen (secondary N) is 1. The first-order valence-electron chi connectivity index (χ1n) is 8.05. The number of esters is 1. The van der Waals surface area contributed by atoms with E-state index in [-0.39, 0.29) is 12.4 Å². The quantitative estimate of drug-likeness (QED) is 0.793. The zero-order chi connectivity index (χ0) is 18.5. The van der Waals surface area contributed by atoms with E-state index in [9.17, 15) is 22.8 Å². The van der Waals surface area contributed by atoms with Gasteiger partial charge in [-0.1, -0.05) is 12.8 Å². The topological polar surface area (TPSA) is 64.6 Å². The summed E-state index contributed by atoms with van der Waals surface area (Å²) in [4.78, 5) is 24.2. The molecule has 1 N–H and O–H groups in total. The predicted molar refractivity (Wildman–Crippen MR) is 82.9 cm³/mol. The predicted octanol–water partition coefficient (Wildman–Crippen LogP) is 3.08. The molecule has 1 aromatic carbocycles. The number of amides is 1. The molecule has 0 spiro atoms. The Morgan fingerprint density at radius 2 is 1.76 bits per heavy atom. The summed E-state index contributed by atoms with van der Waals surface area (Å²) < 4.78 is 47.7. The fourth-order valence-corrected chi connectivity index (χ4v) is 2.82. The number of carbonyl (C=O) groups is 2. The third-order valence-corrected chi connectivity index (χ3v) is 4.05. The van der Waals surface area contributed by atoms with Gasteiger partial charge in [-0.2, -0.15) is 13.2 Å². The first-order chi connectivity index (χ1) is 11.8.